The Morgan fingerprint density at radius 3 is 1.89 bits per heavy atom. The number of halogens is 1. The Hall–Kier alpha value is -0.400. The summed E-state index contributed by atoms with van der Waals surface area (Å²) < 4.78 is 46.9. The Labute approximate surface area is 123 Å². The van der Waals surface area contributed by atoms with Gasteiger partial charge < -0.3 is 0 Å². The zero-order chi connectivity index (χ0) is 14.7. The maximum Gasteiger partial charge on any atom is 0.178 e. The van der Waals surface area contributed by atoms with Crippen molar-refractivity contribution in [1.29, 1.82) is 0 Å². The van der Waals surface area contributed by atoms with Crippen LogP contribution in [0.5, 0.6) is 0 Å². The molecule has 1 unspecified atom stereocenters. The van der Waals surface area contributed by atoms with Gasteiger partial charge in [-0.3, -0.25) is 0 Å². The lowest BCUT2D eigenvalue weighted by Crippen LogP contribution is -2.17. The van der Waals surface area contributed by atoms with Gasteiger partial charge in [-0.25, -0.2) is 16.8 Å². The third-order valence-corrected chi connectivity index (χ3v) is 6.81. The van der Waals surface area contributed by atoms with E-state index < -0.39 is 19.7 Å². The van der Waals surface area contributed by atoms with Gasteiger partial charge in [0.15, 0.2) is 19.7 Å². The van der Waals surface area contributed by atoms with Crippen molar-refractivity contribution in [1.82, 2.24) is 0 Å². The third-order valence-electron chi connectivity index (χ3n) is 2.86. The van der Waals surface area contributed by atoms with E-state index in [2.05, 4.69) is 15.9 Å². The van der Waals surface area contributed by atoms with E-state index >= 15 is 0 Å². The topological polar surface area (TPSA) is 68.3 Å². The molecule has 4 nitrogen and oxygen atoms in total. The van der Waals surface area contributed by atoms with Gasteiger partial charge in [0.05, 0.1) is 15.5 Å². The smallest absolute Gasteiger partial charge is 0.178 e. The minimum atomic E-state index is -3.37. The molecule has 0 aromatic heterocycles. The van der Waals surface area contributed by atoms with E-state index in [1.807, 2.05) is 6.92 Å². The third kappa shape index (κ3) is 4.57. The maximum atomic E-state index is 12.2. The molecule has 0 aliphatic rings. The summed E-state index contributed by atoms with van der Waals surface area (Å²) in [6.07, 6.45) is 1.86. The maximum absolute atomic E-state index is 12.2. The monoisotopic (exact) mass is 368 g/mol. The standard InChI is InChI=1S/C12H17BrO4S2/c1-3-10(8-13)9-19(16,17)12-6-4-11(5-7-12)18(2,14)15/h4-7,10H,3,8-9H2,1-2H3. The first kappa shape index (κ1) is 16.7. The minimum absolute atomic E-state index is 0.0552. The molecule has 0 heterocycles. The number of hydrogen-bond acceptors (Lipinski definition) is 4. The first-order valence-corrected chi connectivity index (χ1v) is 10.5. The average Bonchev–Trinajstić information content (AvgIpc) is 2.35. The van der Waals surface area contributed by atoms with Crippen LogP contribution in [0.25, 0.3) is 0 Å². The molecule has 1 aromatic carbocycles. The Kier molecular flexibility index (Phi) is 5.58. The highest BCUT2D eigenvalue weighted by molar-refractivity contribution is 9.09. The van der Waals surface area contributed by atoms with Crippen LogP contribution < -0.4 is 0 Å². The normalized spacial score (nSPS) is 14.3. The van der Waals surface area contributed by atoms with Crippen LogP contribution in [0.4, 0.5) is 0 Å². The molecule has 0 radical (unpaired) electrons. The van der Waals surface area contributed by atoms with Gasteiger partial charge in [0.2, 0.25) is 0 Å². The van der Waals surface area contributed by atoms with E-state index in [1.54, 1.807) is 0 Å². The van der Waals surface area contributed by atoms with Crippen LogP contribution in [-0.4, -0.2) is 34.2 Å². The molecule has 19 heavy (non-hydrogen) atoms. The summed E-state index contributed by atoms with van der Waals surface area (Å²) in [5, 5.41) is 0.629. The van der Waals surface area contributed by atoms with Gasteiger partial charge >= 0.3 is 0 Å². The lowest BCUT2D eigenvalue weighted by Gasteiger charge is -2.12. The fourth-order valence-electron chi connectivity index (χ4n) is 1.57. The molecule has 1 rings (SSSR count). The van der Waals surface area contributed by atoms with Gasteiger partial charge in [0.25, 0.3) is 0 Å². The molecule has 0 saturated heterocycles. The molecular weight excluding hydrogens is 352 g/mol. The van der Waals surface area contributed by atoms with Crippen molar-refractivity contribution in [3.63, 3.8) is 0 Å². The quantitative estimate of drug-likeness (QED) is 0.722. The van der Waals surface area contributed by atoms with Gasteiger partial charge in [0, 0.05) is 11.6 Å². The predicted octanol–water partition coefficient (Wildman–Crippen LogP) is 2.28. The molecule has 0 saturated carbocycles. The Balaban J connectivity index is 3.04. The van der Waals surface area contributed by atoms with E-state index in [4.69, 9.17) is 0 Å². The van der Waals surface area contributed by atoms with Crippen LogP contribution in [0.2, 0.25) is 0 Å². The molecule has 0 amide bonds. The summed E-state index contributed by atoms with van der Waals surface area (Å²) in [5.41, 5.74) is 0. The summed E-state index contributed by atoms with van der Waals surface area (Å²) in [6, 6.07) is 5.37. The number of benzene rings is 1. The van der Waals surface area contributed by atoms with Gasteiger partial charge in [-0.2, -0.15) is 0 Å². The SMILES string of the molecule is CCC(CBr)CS(=O)(=O)c1ccc(S(C)(=O)=O)cc1. The molecular formula is C12H17BrO4S2. The second kappa shape index (κ2) is 6.37. The number of hydrogen-bond donors (Lipinski definition) is 0. The summed E-state index contributed by atoms with van der Waals surface area (Å²) in [7, 11) is -6.67. The second-order valence-electron chi connectivity index (χ2n) is 4.45. The Bertz CT molecular complexity index is 614. The molecule has 0 bridgehead atoms. The van der Waals surface area contributed by atoms with Crippen molar-refractivity contribution < 1.29 is 16.8 Å². The van der Waals surface area contributed by atoms with E-state index in [-0.39, 0.29) is 21.5 Å². The van der Waals surface area contributed by atoms with Crippen molar-refractivity contribution in [3.8, 4) is 0 Å². The van der Waals surface area contributed by atoms with Crippen LogP contribution in [0.1, 0.15) is 13.3 Å². The lowest BCUT2D eigenvalue weighted by atomic mass is 10.2. The molecule has 0 aliphatic carbocycles. The predicted molar refractivity (Wildman–Crippen MR) is 79.2 cm³/mol. The van der Waals surface area contributed by atoms with Crippen LogP contribution in [0, 0.1) is 5.92 Å². The van der Waals surface area contributed by atoms with Gasteiger partial charge in [-0.05, 0) is 30.2 Å². The highest BCUT2D eigenvalue weighted by Gasteiger charge is 2.20. The van der Waals surface area contributed by atoms with E-state index in [1.165, 1.54) is 24.3 Å². The molecule has 7 heteroatoms. The molecule has 0 N–H and O–H groups in total. The minimum Gasteiger partial charge on any atom is -0.224 e. The second-order valence-corrected chi connectivity index (χ2v) is 9.15. The van der Waals surface area contributed by atoms with Gasteiger partial charge in [0.1, 0.15) is 0 Å². The molecule has 1 aromatic rings. The fraction of sp³-hybridized carbons (Fsp3) is 0.500. The fourth-order valence-corrected chi connectivity index (χ4v) is 4.91. The number of sulfone groups is 2. The first-order chi connectivity index (χ1) is 8.70. The summed E-state index contributed by atoms with van der Waals surface area (Å²) in [5.74, 6) is 0.118. The number of alkyl halides is 1. The molecule has 0 aliphatic heterocycles. The van der Waals surface area contributed by atoms with Crippen molar-refractivity contribution >= 4 is 35.6 Å². The lowest BCUT2D eigenvalue weighted by molar-refractivity contribution is 0.568. The van der Waals surface area contributed by atoms with Crippen molar-refractivity contribution in [2.45, 2.75) is 23.1 Å². The molecule has 0 fully saturated rings. The zero-order valence-corrected chi connectivity index (χ0v) is 14.1. The largest absolute Gasteiger partial charge is 0.224 e. The average molecular weight is 369 g/mol. The number of rotatable bonds is 6. The summed E-state index contributed by atoms with van der Waals surface area (Å²) >= 11 is 3.30. The Morgan fingerprint density at radius 1 is 1.05 bits per heavy atom. The van der Waals surface area contributed by atoms with Gasteiger partial charge in [-0.15, -0.1) is 0 Å². The van der Waals surface area contributed by atoms with E-state index in [0.29, 0.717) is 5.33 Å². The van der Waals surface area contributed by atoms with E-state index in [9.17, 15) is 16.8 Å². The highest BCUT2D eigenvalue weighted by Crippen LogP contribution is 2.19. The van der Waals surface area contributed by atoms with Crippen molar-refractivity contribution in [2.24, 2.45) is 5.92 Å². The first-order valence-electron chi connectivity index (χ1n) is 5.79. The van der Waals surface area contributed by atoms with Crippen LogP contribution >= 0.6 is 15.9 Å². The van der Waals surface area contributed by atoms with E-state index in [0.717, 1.165) is 12.7 Å². The molecule has 0 spiro atoms. The van der Waals surface area contributed by atoms with Crippen LogP contribution in [0.15, 0.2) is 34.1 Å². The van der Waals surface area contributed by atoms with Crippen LogP contribution in [-0.2, 0) is 19.7 Å². The molecule has 1 atom stereocenters. The molecule has 108 valence electrons. The van der Waals surface area contributed by atoms with Crippen molar-refractivity contribution in [2.75, 3.05) is 17.3 Å². The summed E-state index contributed by atoms with van der Waals surface area (Å²) in [6.45, 7) is 1.94. The zero-order valence-electron chi connectivity index (χ0n) is 10.8. The van der Waals surface area contributed by atoms with Crippen LogP contribution in [0.3, 0.4) is 0 Å². The highest BCUT2D eigenvalue weighted by atomic mass is 79.9. The van der Waals surface area contributed by atoms with Crippen molar-refractivity contribution in [3.05, 3.63) is 24.3 Å². The van der Waals surface area contributed by atoms with Gasteiger partial charge in [-0.1, -0.05) is 29.3 Å². The Morgan fingerprint density at radius 2 is 1.53 bits per heavy atom. The summed E-state index contributed by atoms with van der Waals surface area (Å²) in [4.78, 5) is 0.290.